The topological polar surface area (TPSA) is 46.3 Å². The first kappa shape index (κ1) is 10.5. The minimum atomic E-state index is 0.0820. The monoisotopic (exact) mass is 268 g/mol. The lowest BCUT2D eigenvalue weighted by molar-refractivity contribution is -0.116. The number of hydrogen-bond acceptors (Lipinski definition) is 2. The maximum Gasteiger partial charge on any atom is 0.223 e. The molecule has 1 amide bonds. The third-order valence-electron chi connectivity index (χ3n) is 2.82. The van der Waals surface area contributed by atoms with Crippen molar-refractivity contribution in [2.24, 2.45) is 0 Å². The van der Waals surface area contributed by atoms with Crippen molar-refractivity contribution in [1.29, 1.82) is 0 Å². The summed E-state index contributed by atoms with van der Waals surface area (Å²) >= 11 is 3.43. The molecule has 0 unspecified atom stereocenters. The molecule has 0 aromatic heterocycles. The lowest BCUT2D eigenvalue weighted by atomic mass is 10.1. The fourth-order valence-electron chi connectivity index (χ4n) is 2.13. The zero-order chi connectivity index (χ0) is 11.2. The molecule has 1 aromatic rings. The third kappa shape index (κ3) is 1.53. The molecule has 1 aliphatic heterocycles. The molecule has 2 rings (SSSR count). The van der Waals surface area contributed by atoms with Crippen LogP contribution < -0.4 is 10.6 Å². The molecule has 0 saturated carbocycles. The van der Waals surface area contributed by atoms with Crippen molar-refractivity contribution in [2.45, 2.75) is 20.3 Å². The van der Waals surface area contributed by atoms with Crippen LogP contribution in [0.25, 0.3) is 0 Å². The molecule has 0 radical (unpaired) electrons. The summed E-state index contributed by atoms with van der Waals surface area (Å²) in [5, 5.41) is 0. The van der Waals surface area contributed by atoms with Crippen LogP contribution in [0.2, 0.25) is 0 Å². The van der Waals surface area contributed by atoms with Crippen LogP contribution >= 0.6 is 15.9 Å². The van der Waals surface area contributed by atoms with E-state index in [0.29, 0.717) is 0 Å². The second-order valence-corrected chi connectivity index (χ2v) is 4.69. The Balaban J connectivity index is 2.63. The average Bonchev–Trinajstić information content (AvgIpc) is 2.58. The van der Waals surface area contributed by atoms with Crippen LogP contribution in [-0.2, 0) is 11.2 Å². The van der Waals surface area contributed by atoms with Gasteiger partial charge in [0.2, 0.25) is 5.91 Å². The van der Waals surface area contributed by atoms with E-state index in [1.807, 2.05) is 13.0 Å². The van der Waals surface area contributed by atoms with E-state index in [2.05, 4.69) is 15.9 Å². The molecule has 0 saturated heterocycles. The Kier molecular flexibility index (Phi) is 2.46. The number of hydrogen-bond donors (Lipinski definition) is 1. The number of carbonyl (C=O) groups excluding carboxylic acids is 1. The molecule has 0 atom stereocenters. The van der Waals surface area contributed by atoms with Crippen LogP contribution in [0.3, 0.4) is 0 Å². The Morgan fingerprint density at radius 3 is 2.87 bits per heavy atom. The standard InChI is InChI=1S/C11H13BrN2O/c1-6-5-9(12)10(13)8-3-4-14(7(2)15)11(6)8/h5H,3-4,13H2,1-2H3. The number of nitrogens with two attached hydrogens (primary N) is 1. The molecule has 3 nitrogen and oxygen atoms in total. The summed E-state index contributed by atoms with van der Waals surface area (Å²) in [6.07, 6.45) is 0.848. The van der Waals surface area contributed by atoms with Gasteiger partial charge in [0, 0.05) is 23.5 Å². The maximum atomic E-state index is 11.4. The van der Waals surface area contributed by atoms with Crippen LogP contribution in [0.15, 0.2) is 10.5 Å². The number of amides is 1. The van der Waals surface area contributed by atoms with Crippen LogP contribution in [0.4, 0.5) is 11.4 Å². The van der Waals surface area contributed by atoms with Gasteiger partial charge in [-0.2, -0.15) is 0 Å². The number of carbonyl (C=O) groups is 1. The summed E-state index contributed by atoms with van der Waals surface area (Å²) in [5.41, 5.74) is 9.94. The second kappa shape index (κ2) is 3.52. The zero-order valence-electron chi connectivity index (χ0n) is 8.80. The van der Waals surface area contributed by atoms with Gasteiger partial charge in [-0.05, 0) is 40.9 Å². The Hall–Kier alpha value is -1.03. The van der Waals surface area contributed by atoms with E-state index in [1.54, 1.807) is 11.8 Å². The largest absolute Gasteiger partial charge is 0.398 e. The second-order valence-electron chi connectivity index (χ2n) is 3.84. The Labute approximate surface area is 97.4 Å². The third-order valence-corrected chi connectivity index (χ3v) is 3.48. The normalized spacial score (nSPS) is 14.2. The summed E-state index contributed by atoms with van der Waals surface area (Å²) in [4.78, 5) is 13.2. The van der Waals surface area contributed by atoms with Crippen molar-refractivity contribution in [1.82, 2.24) is 0 Å². The first-order valence-corrected chi connectivity index (χ1v) is 5.67. The summed E-state index contributed by atoms with van der Waals surface area (Å²) in [5.74, 6) is 0.0820. The van der Waals surface area contributed by atoms with Crippen LogP contribution in [-0.4, -0.2) is 12.5 Å². The predicted molar refractivity (Wildman–Crippen MR) is 65.0 cm³/mol. The van der Waals surface area contributed by atoms with Gasteiger partial charge in [0.15, 0.2) is 0 Å². The molecule has 0 bridgehead atoms. The number of anilines is 2. The first-order chi connectivity index (χ1) is 7.02. The first-order valence-electron chi connectivity index (χ1n) is 4.88. The van der Waals surface area contributed by atoms with Crippen molar-refractivity contribution in [3.05, 3.63) is 21.7 Å². The van der Waals surface area contributed by atoms with E-state index in [9.17, 15) is 4.79 Å². The number of nitrogen functional groups attached to an aromatic ring is 1. The van der Waals surface area contributed by atoms with Gasteiger partial charge in [0.05, 0.1) is 11.4 Å². The molecule has 2 N–H and O–H groups in total. The lowest BCUT2D eigenvalue weighted by Crippen LogP contribution is -2.26. The van der Waals surface area contributed by atoms with Crippen LogP contribution in [0.5, 0.6) is 0 Å². The van der Waals surface area contributed by atoms with Gasteiger partial charge in [0.1, 0.15) is 0 Å². The highest BCUT2D eigenvalue weighted by molar-refractivity contribution is 9.10. The Morgan fingerprint density at radius 1 is 1.60 bits per heavy atom. The highest BCUT2D eigenvalue weighted by Crippen LogP contribution is 2.39. The van der Waals surface area contributed by atoms with Crippen LogP contribution in [0.1, 0.15) is 18.1 Å². The van der Waals surface area contributed by atoms with Gasteiger partial charge < -0.3 is 10.6 Å². The number of rotatable bonds is 0. The minimum Gasteiger partial charge on any atom is -0.398 e. The Bertz CT molecular complexity index is 443. The van der Waals surface area contributed by atoms with Gasteiger partial charge >= 0.3 is 0 Å². The number of nitrogens with zero attached hydrogens (tertiary/aromatic N) is 1. The maximum absolute atomic E-state index is 11.4. The molecule has 80 valence electrons. The van der Waals surface area contributed by atoms with E-state index >= 15 is 0 Å². The van der Waals surface area contributed by atoms with Gasteiger partial charge in [0.25, 0.3) is 0 Å². The number of aryl methyl sites for hydroxylation is 1. The minimum absolute atomic E-state index is 0.0820. The lowest BCUT2D eigenvalue weighted by Gasteiger charge is -2.18. The van der Waals surface area contributed by atoms with Gasteiger partial charge in [-0.3, -0.25) is 4.79 Å². The van der Waals surface area contributed by atoms with E-state index in [0.717, 1.165) is 39.9 Å². The molecule has 0 fully saturated rings. The van der Waals surface area contributed by atoms with Crippen molar-refractivity contribution in [3.8, 4) is 0 Å². The zero-order valence-corrected chi connectivity index (χ0v) is 10.4. The summed E-state index contributed by atoms with van der Waals surface area (Å²) in [7, 11) is 0. The van der Waals surface area contributed by atoms with Gasteiger partial charge in [-0.1, -0.05) is 0 Å². The molecular weight excluding hydrogens is 256 g/mol. The molecule has 0 spiro atoms. The highest BCUT2D eigenvalue weighted by atomic mass is 79.9. The van der Waals surface area contributed by atoms with E-state index < -0.39 is 0 Å². The van der Waals surface area contributed by atoms with E-state index in [-0.39, 0.29) is 5.91 Å². The molecule has 1 aliphatic rings. The van der Waals surface area contributed by atoms with Crippen LogP contribution in [0, 0.1) is 6.92 Å². The van der Waals surface area contributed by atoms with Crippen molar-refractivity contribution < 1.29 is 4.79 Å². The molecule has 15 heavy (non-hydrogen) atoms. The summed E-state index contributed by atoms with van der Waals surface area (Å²) < 4.78 is 0.921. The number of benzene rings is 1. The molecule has 0 aliphatic carbocycles. The van der Waals surface area contributed by atoms with Crippen molar-refractivity contribution in [2.75, 3.05) is 17.2 Å². The van der Waals surface area contributed by atoms with Crippen molar-refractivity contribution >= 4 is 33.2 Å². The average molecular weight is 269 g/mol. The number of fused-ring (bicyclic) bond motifs is 1. The molecular formula is C11H13BrN2O. The van der Waals surface area contributed by atoms with E-state index in [4.69, 9.17) is 5.73 Å². The fourth-order valence-corrected chi connectivity index (χ4v) is 2.71. The SMILES string of the molecule is CC(=O)N1CCc2c(N)c(Br)cc(C)c21. The van der Waals surface area contributed by atoms with Crippen molar-refractivity contribution in [3.63, 3.8) is 0 Å². The molecule has 1 heterocycles. The quantitative estimate of drug-likeness (QED) is 0.734. The number of halogens is 1. The smallest absolute Gasteiger partial charge is 0.223 e. The summed E-state index contributed by atoms with van der Waals surface area (Å²) in [6.45, 7) is 4.34. The predicted octanol–water partition coefficient (Wildman–Crippen LogP) is 2.25. The Morgan fingerprint density at radius 2 is 2.27 bits per heavy atom. The molecule has 4 heteroatoms. The van der Waals surface area contributed by atoms with E-state index in [1.165, 1.54) is 0 Å². The summed E-state index contributed by atoms with van der Waals surface area (Å²) in [6, 6.07) is 1.97. The fraction of sp³-hybridized carbons (Fsp3) is 0.364. The van der Waals surface area contributed by atoms with Gasteiger partial charge in [-0.25, -0.2) is 0 Å². The molecule has 1 aromatic carbocycles. The van der Waals surface area contributed by atoms with Gasteiger partial charge in [-0.15, -0.1) is 0 Å². The highest BCUT2D eigenvalue weighted by Gasteiger charge is 2.26.